The summed E-state index contributed by atoms with van der Waals surface area (Å²) in [4.78, 5) is 0. The lowest BCUT2D eigenvalue weighted by Crippen LogP contribution is -2.17. The van der Waals surface area contributed by atoms with Crippen LogP contribution >= 0.6 is 0 Å². The Labute approximate surface area is 101 Å². The van der Waals surface area contributed by atoms with E-state index >= 15 is 0 Å². The van der Waals surface area contributed by atoms with Crippen molar-refractivity contribution in [3.8, 4) is 11.5 Å². The van der Waals surface area contributed by atoms with E-state index in [1.54, 1.807) is 0 Å². The largest absolute Gasteiger partial charge is 0.486 e. The van der Waals surface area contributed by atoms with Crippen LogP contribution in [0.3, 0.4) is 0 Å². The summed E-state index contributed by atoms with van der Waals surface area (Å²) in [6, 6.07) is 5.75. The Hall–Kier alpha value is -1.22. The Morgan fingerprint density at radius 3 is 2.88 bits per heavy atom. The first-order valence-corrected chi connectivity index (χ1v) is 6.41. The molecule has 1 aromatic carbocycles. The maximum atomic E-state index is 10.2. The molecule has 1 atom stereocenters. The van der Waals surface area contributed by atoms with E-state index < -0.39 is 6.10 Å². The van der Waals surface area contributed by atoms with Gasteiger partial charge in [-0.05, 0) is 24.8 Å². The number of benzene rings is 1. The van der Waals surface area contributed by atoms with E-state index in [0.29, 0.717) is 13.2 Å². The molecule has 1 heterocycles. The summed E-state index contributed by atoms with van der Waals surface area (Å²) in [6.45, 7) is 1.16. The minimum Gasteiger partial charge on any atom is -0.486 e. The van der Waals surface area contributed by atoms with Crippen molar-refractivity contribution >= 4 is 0 Å². The molecule has 1 aliphatic carbocycles. The average Bonchev–Trinajstić information content (AvgIpc) is 3.19. The fourth-order valence-electron chi connectivity index (χ4n) is 2.31. The van der Waals surface area contributed by atoms with Crippen LogP contribution in [0.25, 0.3) is 0 Å². The molecule has 1 unspecified atom stereocenters. The minimum atomic E-state index is -0.424. The van der Waals surface area contributed by atoms with Gasteiger partial charge in [-0.25, -0.2) is 0 Å². The van der Waals surface area contributed by atoms with Gasteiger partial charge in [-0.15, -0.1) is 0 Å². The van der Waals surface area contributed by atoms with Crippen molar-refractivity contribution in [2.75, 3.05) is 13.2 Å². The van der Waals surface area contributed by atoms with Crippen molar-refractivity contribution in [2.24, 2.45) is 5.92 Å². The first-order chi connectivity index (χ1) is 8.34. The summed E-state index contributed by atoms with van der Waals surface area (Å²) in [5.41, 5.74) is 0.878. The average molecular weight is 234 g/mol. The third-order valence-corrected chi connectivity index (χ3v) is 3.50. The Morgan fingerprint density at radius 1 is 1.24 bits per heavy atom. The van der Waals surface area contributed by atoms with Crippen molar-refractivity contribution in [2.45, 2.75) is 31.8 Å². The van der Waals surface area contributed by atoms with Gasteiger partial charge < -0.3 is 14.6 Å². The molecule has 0 radical (unpaired) electrons. The Bertz CT molecular complexity index is 398. The number of fused-ring (bicyclic) bond motifs is 1. The third kappa shape index (κ3) is 2.39. The standard InChI is InChI=1S/C14H18O3/c15-12(7-6-10-4-5-10)11-2-1-3-13-14(11)17-9-8-16-13/h1-3,10,12,15H,4-9H2. The van der Waals surface area contributed by atoms with Gasteiger partial charge in [0, 0.05) is 5.56 Å². The zero-order chi connectivity index (χ0) is 11.7. The van der Waals surface area contributed by atoms with Gasteiger partial charge in [-0.2, -0.15) is 0 Å². The lowest BCUT2D eigenvalue weighted by atomic mass is 10.0. The van der Waals surface area contributed by atoms with Crippen LogP contribution in [0.15, 0.2) is 18.2 Å². The van der Waals surface area contributed by atoms with Crippen molar-refractivity contribution < 1.29 is 14.6 Å². The van der Waals surface area contributed by atoms with E-state index in [0.717, 1.165) is 35.8 Å². The molecule has 3 rings (SSSR count). The maximum Gasteiger partial charge on any atom is 0.167 e. The monoisotopic (exact) mass is 234 g/mol. The highest BCUT2D eigenvalue weighted by atomic mass is 16.6. The molecule has 1 aromatic rings. The summed E-state index contributed by atoms with van der Waals surface area (Å²) in [5.74, 6) is 2.35. The lowest BCUT2D eigenvalue weighted by Gasteiger charge is -2.23. The molecule has 0 spiro atoms. The quantitative estimate of drug-likeness (QED) is 0.870. The first-order valence-electron chi connectivity index (χ1n) is 6.41. The Balaban J connectivity index is 1.75. The third-order valence-electron chi connectivity index (χ3n) is 3.50. The predicted molar refractivity (Wildman–Crippen MR) is 64.3 cm³/mol. The van der Waals surface area contributed by atoms with Crippen LogP contribution in [0.1, 0.15) is 37.4 Å². The van der Waals surface area contributed by atoms with Crippen LogP contribution in [-0.2, 0) is 0 Å². The molecule has 2 aliphatic rings. The van der Waals surface area contributed by atoms with E-state index in [4.69, 9.17) is 9.47 Å². The number of para-hydroxylation sites is 1. The molecule has 0 aromatic heterocycles. The molecule has 92 valence electrons. The Morgan fingerprint density at radius 2 is 2.06 bits per heavy atom. The molecule has 0 bridgehead atoms. The normalized spacial score (nSPS) is 20.1. The second kappa shape index (κ2) is 4.57. The summed E-state index contributed by atoms with van der Waals surface area (Å²) in [5, 5.41) is 10.2. The molecule has 0 amide bonds. The summed E-state index contributed by atoms with van der Waals surface area (Å²) in [6.07, 6.45) is 4.18. The predicted octanol–water partition coefficient (Wildman–Crippen LogP) is 2.68. The highest BCUT2D eigenvalue weighted by Crippen LogP contribution is 2.40. The fourth-order valence-corrected chi connectivity index (χ4v) is 2.31. The van der Waals surface area contributed by atoms with E-state index in [-0.39, 0.29) is 0 Å². The molecule has 3 heteroatoms. The number of aliphatic hydroxyl groups is 1. The van der Waals surface area contributed by atoms with Gasteiger partial charge in [0.1, 0.15) is 13.2 Å². The van der Waals surface area contributed by atoms with Crippen molar-refractivity contribution in [3.05, 3.63) is 23.8 Å². The van der Waals surface area contributed by atoms with Crippen LogP contribution in [0.5, 0.6) is 11.5 Å². The van der Waals surface area contributed by atoms with Gasteiger partial charge in [0.15, 0.2) is 11.5 Å². The minimum absolute atomic E-state index is 0.424. The van der Waals surface area contributed by atoms with E-state index in [2.05, 4.69) is 0 Å². The fraction of sp³-hybridized carbons (Fsp3) is 0.571. The smallest absolute Gasteiger partial charge is 0.167 e. The van der Waals surface area contributed by atoms with Gasteiger partial charge in [-0.1, -0.05) is 25.0 Å². The van der Waals surface area contributed by atoms with Crippen LogP contribution in [-0.4, -0.2) is 18.3 Å². The number of hydrogen-bond donors (Lipinski definition) is 1. The molecule has 1 fully saturated rings. The van der Waals surface area contributed by atoms with Crippen molar-refractivity contribution in [1.82, 2.24) is 0 Å². The highest BCUT2D eigenvalue weighted by molar-refractivity contribution is 5.48. The van der Waals surface area contributed by atoms with E-state index in [9.17, 15) is 5.11 Å². The SMILES string of the molecule is OC(CCC1CC1)c1cccc2c1OCCO2. The van der Waals surface area contributed by atoms with Gasteiger partial charge in [0.25, 0.3) is 0 Å². The number of rotatable bonds is 4. The molecule has 17 heavy (non-hydrogen) atoms. The molecule has 1 saturated carbocycles. The van der Waals surface area contributed by atoms with Crippen LogP contribution in [0.4, 0.5) is 0 Å². The molecule has 1 N–H and O–H groups in total. The van der Waals surface area contributed by atoms with Gasteiger partial charge in [0.05, 0.1) is 6.10 Å². The molecule has 1 aliphatic heterocycles. The van der Waals surface area contributed by atoms with Gasteiger partial charge in [-0.3, -0.25) is 0 Å². The van der Waals surface area contributed by atoms with Crippen molar-refractivity contribution in [1.29, 1.82) is 0 Å². The molecular weight excluding hydrogens is 216 g/mol. The first kappa shape index (κ1) is 10.9. The summed E-state index contributed by atoms with van der Waals surface area (Å²) < 4.78 is 11.1. The number of aliphatic hydroxyl groups excluding tert-OH is 1. The second-order valence-electron chi connectivity index (χ2n) is 4.91. The van der Waals surface area contributed by atoms with Gasteiger partial charge in [0.2, 0.25) is 0 Å². The summed E-state index contributed by atoms with van der Waals surface area (Å²) >= 11 is 0. The maximum absolute atomic E-state index is 10.2. The summed E-state index contributed by atoms with van der Waals surface area (Å²) in [7, 11) is 0. The molecule has 3 nitrogen and oxygen atoms in total. The van der Waals surface area contributed by atoms with Crippen LogP contribution in [0.2, 0.25) is 0 Å². The van der Waals surface area contributed by atoms with Crippen LogP contribution < -0.4 is 9.47 Å². The number of hydrogen-bond acceptors (Lipinski definition) is 3. The zero-order valence-corrected chi connectivity index (χ0v) is 9.89. The van der Waals surface area contributed by atoms with Crippen molar-refractivity contribution in [3.63, 3.8) is 0 Å². The molecule has 0 saturated heterocycles. The van der Waals surface area contributed by atoms with E-state index in [1.807, 2.05) is 18.2 Å². The van der Waals surface area contributed by atoms with Gasteiger partial charge >= 0.3 is 0 Å². The zero-order valence-electron chi connectivity index (χ0n) is 9.89. The topological polar surface area (TPSA) is 38.7 Å². The lowest BCUT2D eigenvalue weighted by molar-refractivity contribution is 0.138. The Kier molecular flexibility index (Phi) is 2.93. The number of ether oxygens (including phenoxy) is 2. The highest BCUT2D eigenvalue weighted by Gasteiger charge is 2.25. The molecular formula is C14H18O3. The van der Waals surface area contributed by atoms with E-state index in [1.165, 1.54) is 12.8 Å². The van der Waals surface area contributed by atoms with Crippen LogP contribution in [0, 0.1) is 5.92 Å². The second-order valence-corrected chi connectivity index (χ2v) is 4.91.